The van der Waals surface area contributed by atoms with Crippen LogP contribution in [0.5, 0.6) is 11.6 Å². The van der Waals surface area contributed by atoms with Gasteiger partial charge in [0.25, 0.3) is 0 Å². The van der Waals surface area contributed by atoms with E-state index in [1.807, 2.05) is 0 Å². The summed E-state index contributed by atoms with van der Waals surface area (Å²) < 4.78 is 75.2. The van der Waals surface area contributed by atoms with Crippen molar-refractivity contribution in [3.8, 4) is 11.6 Å². The zero-order valence-electron chi connectivity index (χ0n) is 7.53. The maximum absolute atomic E-state index is 12.3. The predicted molar refractivity (Wildman–Crippen MR) is 42.6 cm³/mol. The average Bonchev–Trinajstić information content (AvgIpc) is 2.06. The quantitative estimate of drug-likeness (QED) is 0.634. The molecular formula is C7H2ClF6NO2. The zero-order valence-corrected chi connectivity index (χ0v) is 8.28. The first-order chi connectivity index (χ1) is 7.50. The van der Waals surface area contributed by atoms with Crippen LogP contribution < -0.4 is 4.74 Å². The molecule has 0 aliphatic heterocycles. The van der Waals surface area contributed by atoms with Crippen LogP contribution in [0.15, 0.2) is 6.07 Å². The molecule has 1 rings (SSSR count). The van der Waals surface area contributed by atoms with E-state index in [4.69, 9.17) is 16.7 Å². The van der Waals surface area contributed by atoms with Crippen LogP contribution in [0, 0.1) is 0 Å². The number of rotatable bonds is 1. The number of ether oxygens (including phenoxy) is 1. The standard InChI is InChI=1S/C7H2ClF6NO2/c8-5-4(16)2(6(9,10)11)1-3(15-5)17-7(12,13)14/h1,16H. The number of aromatic nitrogens is 1. The Morgan fingerprint density at radius 2 is 1.71 bits per heavy atom. The Balaban J connectivity index is 3.25. The van der Waals surface area contributed by atoms with Gasteiger partial charge in [0.2, 0.25) is 5.88 Å². The van der Waals surface area contributed by atoms with Crippen molar-refractivity contribution in [3.05, 3.63) is 16.8 Å². The van der Waals surface area contributed by atoms with Gasteiger partial charge in [0.05, 0.1) is 0 Å². The van der Waals surface area contributed by atoms with E-state index in [-0.39, 0.29) is 6.07 Å². The lowest BCUT2D eigenvalue weighted by Gasteiger charge is -2.13. The number of hydrogen-bond acceptors (Lipinski definition) is 3. The maximum atomic E-state index is 12.3. The van der Waals surface area contributed by atoms with Crippen LogP contribution in [0.1, 0.15) is 5.56 Å². The molecule has 1 aromatic heterocycles. The Hall–Kier alpha value is -1.38. The molecule has 10 heteroatoms. The van der Waals surface area contributed by atoms with Gasteiger partial charge in [0.15, 0.2) is 10.9 Å². The summed E-state index contributed by atoms with van der Waals surface area (Å²) in [5, 5.41) is 7.76. The van der Waals surface area contributed by atoms with Crippen molar-refractivity contribution in [3.63, 3.8) is 0 Å². The molecule has 0 spiro atoms. The highest BCUT2D eigenvalue weighted by Gasteiger charge is 2.38. The lowest BCUT2D eigenvalue weighted by Crippen LogP contribution is -2.18. The first kappa shape index (κ1) is 13.7. The van der Waals surface area contributed by atoms with Gasteiger partial charge < -0.3 is 9.84 Å². The topological polar surface area (TPSA) is 42.4 Å². The Morgan fingerprint density at radius 1 is 1.18 bits per heavy atom. The molecule has 0 bridgehead atoms. The van der Waals surface area contributed by atoms with Gasteiger partial charge in [-0.25, -0.2) is 0 Å². The monoisotopic (exact) mass is 281 g/mol. The molecule has 3 nitrogen and oxygen atoms in total. The Morgan fingerprint density at radius 3 is 2.12 bits per heavy atom. The second-order valence-corrected chi connectivity index (χ2v) is 3.05. The minimum absolute atomic E-state index is 0.102. The molecule has 0 radical (unpaired) electrons. The molecule has 0 saturated heterocycles. The molecule has 17 heavy (non-hydrogen) atoms. The van der Waals surface area contributed by atoms with E-state index in [0.717, 1.165) is 0 Å². The van der Waals surface area contributed by atoms with Gasteiger partial charge >= 0.3 is 12.5 Å². The summed E-state index contributed by atoms with van der Waals surface area (Å²) in [7, 11) is 0. The largest absolute Gasteiger partial charge is 0.574 e. The van der Waals surface area contributed by atoms with E-state index in [9.17, 15) is 26.3 Å². The molecule has 1 heterocycles. The van der Waals surface area contributed by atoms with Crippen molar-refractivity contribution in [2.24, 2.45) is 0 Å². The number of hydrogen-bond donors (Lipinski definition) is 1. The van der Waals surface area contributed by atoms with Crippen molar-refractivity contribution in [2.45, 2.75) is 12.5 Å². The van der Waals surface area contributed by atoms with Crippen LogP contribution in [0.3, 0.4) is 0 Å². The van der Waals surface area contributed by atoms with Gasteiger partial charge in [-0.2, -0.15) is 18.2 Å². The first-order valence-electron chi connectivity index (χ1n) is 3.73. The van der Waals surface area contributed by atoms with Crippen LogP contribution >= 0.6 is 11.6 Å². The summed E-state index contributed by atoms with van der Waals surface area (Å²) >= 11 is 5.05. The SMILES string of the molecule is Oc1c(C(F)(F)F)cc(OC(F)(F)F)nc1Cl. The molecule has 1 N–H and O–H groups in total. The summed E-state index contributed by atoms with van der Waals surface area (Å²) in [5.74, 6) is -2.87. The van der Waals surface area contributed by atoms with Crippen LogP contribution in [-0.4, -0.2) is 16.5 Å². The number of aromatic hydroxyl groups is 1. The van der Waals surface area contributed by atoms with Gasteiger partial charge in [0.1, 0.15) is 5.56 Å². The molecule has 0 aliphatic rings. The lowest BCUT2D eigenvalue weighted by molar-refractivity contribution is -0.276. The normalized spacial score (nSPS) is 12.6. The Kier molecular flexibility index (Phi) is 3.33. The third-order valence-electron chi connectivity index (χ3n) is 1.45. The van der Waals surface area contributed by atoms with Crippen molar-refractivity contribution in [1.29, 1.82) is 0 Å². The fourth-order valence-electron chi connectivity index (χ4n) is 0.872. The highest BCUT2D eigenvalue weighted by molar-refractivity contribution is 6.30. The van der Waals surface area contributed by atoms with E-state index in [1.54, 1.807) is 0 Å². The lowest BCUT2D eigenvalue weighted by atomic mass is 10.2. The molecule has 0 aliphatic carbocycles. The molecular weight excluding hydrogens is 280 g/mol. The Labute approximate surface area is 94.6 Å². The van der Waals surface area contributed by atoms with Crippen LogP contribution in [0.2, 0.25) is 5.15 Å². The van der Waals surface area contributed by atoms with Gasteiger partial charge in [-0.05, 0) is 0 Å². The number of pyridine rings is 1. The zero-order chi connectivity index (χ0) is 13.4. The maximum Gasteiger partial charge on any atom is 0.574 e. The fourth-order valence-corrected chi connectivity index (χ4v) is 1.06. The molecule has 0 saturated carbocycles. The van der Waals surface area contributed by atoms with Crippen molar-refractivity contribution >= 4 is 11.6 Å². The van der Waals surface area contributed by atoms with Crippen LogP contribution in [-0.2, 0) is 6.18 Å². The first-order valence-corrected chi connectivity index (χ1v) is 4.11. The molecule has 96 valence electrons. The molecule has 0 amide bonds. The van der Waals surface area contributed by atoms with Crippen LogP contribution in [0.25, 0.3) is 0 Å². The number of alkyl halides is 6. The van der Waals surface area contributed by atoms with Gasteiger partial charge in [-0.3, -0.25) is 0 Å². The second kappa shape index (κ2) is 4.13. The fraction of sp³-hybridized carbons (Fsp3) is 0.286. The molecule has 0 fully saturated rings. The van der Waals surface area contributed by atoms with E-state index in [2.05, 4.69) is 9.72 Å². The number of halogens is 7. The minimum Gasteiger partial charge on any atom is -0.504 e. The van der Waals surface area contributed by atoms with Gasteiger partial charge in [0, 0.05) is 6.07 Å². The van der Waals surface area contributed by atoms with E-state index >= 15 is 0 Å². The van der Waals surface area contributed by atoms with E-state index < -0.39 is 34.9 Å². The number of nitrogens with zero attached hydrogens (tertiary/aromatic N) is 1. The molecule has 0 atom stereocenters. The summed E-state index contributed by atoms with van der Waals surface area (Å²) in [5.41, 5.74) is -1.77. The van der Waals surface area contributed by atoms with E-state index in [1.165, 1.54) is 0 Å². The van der Waals surface area contributed by atoms with E-state index in [0.29, 0.717) is 0 Å². The summed E-state index contributed by atoms with van der Waals surface area (Å²) in [6.07, 6.45) is -10.3. The summed E-state index contributed by atoms with van der Waals surface area (Å²) in [6.45, 7) is 0. The molecule has 0 aromatic carbocycles. The third kappa shape index (κ3) is 3.55. The van der Waals surface area contributed by atoms with Crippen LogP contribution in [0.4, 0.5) is 26.3 Å². The van der Waals surface area contributed by atoms with Crippen molar-refractivity contribution < 1.29 is 36.2 Å². The van der Waals surface area contributed by atoms with Gasteiger partial charge in [-0.15, -0.1) is 13.2 Å². The Bertz CT molecular complexity index is 430. The second-order valence-electron chi connectivity index (χ2n) is 2.69. The predicted octanol–water partition coefficient (Wildman–Crippen LogP) is 3.36. The third-order valence-corrected chi connectivity index (χ3v) is 1.72. The average molecular weight is 282 g/mol. The molecule has 0 unspecified atom stereocenters. The minimum atomic E-state index is -5.21. The summed E-state index contributed by atoms with van der Waals surface area (Å²) in [4.78, 5) is 2.81. The highest BCUT2D eigenvalue weighted by atomic mass is 35.5. The smallest absolute Gasteiger partial charge is 0.504 e. The molecule has 1 aromatic rings. The highest BCUT2D eigenvalue weighted by Crippen LogP contribution is 2.41. The summed E-state index contributed by atoms with van der Waals surface area (Å²) in [6, 6.07) is -0.102. The van der Waals surface area contributed by atoms with Crippen molar-refractivity contribution in [2.75, 3.05) is 0 Å². The van der Waals surface area contributed by atoms with Gasteiger partial charge in [-0.1, -0.05) is 11.6 Å². The van der Waals surface area contributed by atoms with Crippen molar-refractivity contribution in [1.82, 2.24) is 4.98 Å².